The Labute approximate surface area is 175 Å². The first-order chi connectivity index (χ1) is 13.8. The average molecular weight is 407 g/mol. The van der Waals surface area contributed by atoms with E-state index in [1.807, 2.05) is 0 Å². The zero-order valence-electron chi connectivity index (χ0n) is 18.5. The van der Waals surface area contributed by atoms with E-state index in [1.165, 1.54) is 25.7 Å². The molecule has 4 aliphatic rings. The lowest BCUT2D eigenvalue weighted by Crippen LogP contribution is -2.86. The van der Waals surface area contributed by atoms with E-state index in [0.717, 1.165) is 45.2 Å². The van der Waals surface area contributed by atoms with E-state index in [4.69, 9.17) is 9.47 Å². The molecule has 1 saturated heterocycles. The minimum absolute atomic E-state index is 0.0496. The standard InChI is InChI=1S/C24H39NO4/c1-22-11-7-12-23(2,28-3)24(22,27)14-18-19(21(26)29-20(18)15-22)16-25-13-10-17-8-5-4-6-9-17/h8,18-20,25,27H,4-7,9-16H2,1-3H3/p+1/t18-,19-,20+,22-,23-,24-/m0/s1. The van der Waals surface area contributed by atoms with Crippen LogP contribution in [0.5, 0.6) is 0 Å². The molecule has 0 radical (unpaired) electrons. The van der Waals surface area contributed by atoms with E-state index in [9.17, 15) is 9.90 Å². The highest BCUT2D eigenvalue weighted by molar-refractivity contribution is 5.75. The molecule has 0 aromatic carbocycles. The van der Waals surface area contributed by atoms with Gasteiger partial charge in [0, 0.05) is 24.9 Å². The fourth-order valence-electron chi connectivity index (χ4n) is 6.87. The third kappa shape index (κ3) is 3.57. The molecule has 1 aliphatic heterocycles. The van der Waals surface area contributed by atoms with Crippen molar-refractivity contribution in [2.75, 3.05) is 20.2 Å². The summed E-state index contributed by atoms with van der Waals surface area (Å²) in [5.74, 6) is -0.0756. The topological polar surface area (TPSA) is 72.4 Å². The Balaban J connectivity index is 1.42. The molecule has 164 valence electrons. The highest BCUT2D eigenvalue weighted by Crippen LogP contribution is 2.61. The molecule has 5 nitrogen and oxygen atoms in total. The van der Waals surface area contributed by atoms with E-state index in [1.54, 1.807) is 12.7 Å². The first kappa shape index (κ1) is 21.3. The van der Waals surface area contributed by atoms with Gasteiger partial charge in [-0.05, 0) is 64.7 Å². The van der Waals surface area contributed by atoms with Crippen molar-refractivity contribution in [2.45, 2.75) is 95.4 Å². The molecule has 3 aliphatic carbocycles. The number of hydrogen-bond acceptors (Lipinski definition) is 4. The second kappa shape index (κ2) is 7.97. The molecule has 2 saturated carbocycles. The zero-order chi connectivity index (χ0) is 20.7. The SMILES string of the molecule is CO[C@@]1(C)CCC[C@@]2(C)C[C@H]3OC(=O)[C@@H](C[NH2+]CCC4=CCCCC4)[C@@H]3C[C@]21O. The summed E-state index contributed by atoms with van der Waals surface area (Å²) in [4.78, 5) is 12.7. The van der Waals surface area contributed by atoms with Gasteiger partial charge in [-0.15, -0.1) is 0 Å². The molecule has 0 amide bonds. The number of aliphatic hydroxyl groups is 1. The third-order valence-corrected chi connectivity index (χ3v) is 8.93. The first-order valence-corrected chi connectivity index (χ1v) is 11.8. The van der Waals surface area contributed by atoms with Crippen molar-refractivity contribution in [3.63, 3.8) is 0 Å². The van der Waals surface area contributed by atoms with Gasteiger partial charge in [-0.3, -0.25) is 4.79 Å². The summed E-state index contributed by atoms with van der Waals surface area (Å²) in [6, 6.07) is 0. The van der Waals surface area contributed by atoms with Gasteiger partial charge in [-0.2, -0.15) is 0 Å². The fourth-order valence-corrected chi connectivity index (χ4v) is 6.87. The number of quaternary nitrogens is 1. The Morgan fingerprint density at radius 1 is 1.24 bits per heavy atom. The minimum Gasteiger partial charge on any atom is -0.462 e. The highest BCUT2D eigenvalue weighted by atomic mass is 16.6. The van der Waals surface area contributed by atoms with Gasteiger partial charge in [0.25, 0.3) is 0 Å². The third-order valence-electron chi connectivity index (χ3n) is 8.93. The van der Waals surface area contributed by atoms with Crippen LogP contribution in [0.2, 0.25) is 0 Å². The maximum atomic E-state index is 12.7. The summed E-state index contributed by atoms with van der Waals surface area (Å²) < 4.78 is 11.8. The Bertz CT molecular complexity index is 663. The van der Waals surface area contributed by atoms with E-state index in [2.05, 4.69) is 25.2 Å². The molecule has 29 heavy (non-hydrogen) atoms. The molecule has 6 atom stereocenters. The molecule has 0 unspecified atom stereocenters. The number of ether oxygens (including phenoxy) is 2. The van der Waals surface area contributed by atoms with Crippen LogP contribution < -0.4 is 5.32 Å². The Morgan fingerprint density at radius 3 is 2.79 bits per heavy atom. The Hall–Kier alpha value is -0.910. The summed E-state index contributed by atoms with van der Waals surface area (Å²) >= 11 is 0. The largest absolute Gasteiger partial charge is 0.462 e. The fraction of sp³-hybridized carbons (Fsp3) is 0.875. The van der Waals surface area contributed by atoms with E-state index >= 15 is 0 Å². The molecule has 1 heterocycles. The van der Waals surface area contributed by atoms with E-state index in [0.29, 0.717) is 6.42 Å². The number of methoxy groups -OCH3 is 1. The summed E-state index contributed by atoms with van der Waals surface area (Å²) in [7, 11) is 1.72. The van der Waals surface area contributed by atoms with Gasteiger partial charge >= 0.3 is 5.97 Å². The molecule has 0 aromatic heterocycles. The molecule has 0 bridgehead atoms. The summed E-state index contributed by atoms with van der Waals surface area (Å²) in [5.41, 5.74) is -0.144. The molecule has 0 spiro atoms. The van der Waals surface area contributed by atoms with Gasteiger partial charge < -0.3 is 19.9 Å². The van der Waals surface area contributed by atoms with E-state index < -0.39 is 11.2 Å². The monoisotopic (exact) mass is 406 g/mol. The lowest BCUT2D eigenvalue weighted by Gasteiger charge is -2.61. The van der Waals surface area contributed by atoms with Gasteiger partial charge in [0.15, 0.2) is 0 Å². The van der Waals surface area contributed by atoms with Crippen molar-refractivity contribution in [3.8, 4) is 0 Å². The Morgan fingerprint density at radius 2 is 2.07 bits per heavy atom. The molecular formula is C24H40NO4+. The number of allylic oxidation sites excluding steroid dienone is 1. The van der Waals surface area contributed by atoms with Crippen LogP contribution in [-0.4, -0.2) is 48.6 Å². The summed E-state index contributed by atoms with van der Waals surface area (Å²) in [5, 5.41) is 14.2. The number of hydrogen-bond donors (Lipinski definition) is 2. The smallest absolute Gasteiger partial charge is 0.315 e. The Kier molecular flexibility index (Phi) is 5.86. The van der Waals surface area contributed by atoms with Gasteiger partial charge in [0.2, 0.25) is 0 Å². The first-order valence-electron chi connectivity index (χ1n) is 11.8. The van der Waals surface area contributed by atoms with Crippen LogP contribution in [-0.2, 0) is 14.3 Å². The quantitative estimate of drug-likeness (QED) is 0.404. The van der Waals surface area contributed by atoms with Crippen LogP contribution in [0, 0.1) is 17.3 Å². The second-order valence-corrected chi connectivity index (χ2v) is 10.5. The normalized spacial score (nSPS) is 44.6. The molecule has 5 heteroatoms. The predicted molar refractivity (Wildman–Crippen MR) is 111 cm³/mol. The van der Waals surface area contributed by atoms with Crippen LogP contribution in [0.3, 0.4) is 0 Å². The van der Waals surface area contributed by atoms with E-state index in [-0.39, 0.29) is 29.3 Å². The van der Waals surface area contributed by atoms with Crippen LogP contribution in [0.15, 0.2) is 11.6 Å². The lowest BCUT2D eigenvalue weighted by atomic mass is 9.49. The number of carbonyl (C=O) groups is 1. The summed E-state index contributed by atoms with van der Waals surface area (Å²) in [6.45, 7) is 6.03. The molecule has 3 N–H and O–H groups in total. The van der Waals surface area contributed by atoms with Crippen molar-refractivity contribution >= 4 is 5.97 Å². The number of fused-ring (bicyclic) bond motifs is 2. The molecular weight excluding hydrogens is 366 g/mol. The minimum atomic E-state index is -0.909. The lowest BCUT2D eigenvalue weighted by molar-refractivity contribution is -0.658. The van der Waals surface area contributed by atoms with Crippen LogP contribution in [0.25, 0.3) is 0 Å². The maximum Gasteiger partial charge on any atom is 0.315 e. The molecule has 0 aromatic rings. The highest BCUT2D eigenvalue weighted by Gasteiger charge is 2.67. The van der Waals surface area contributed by atoms with Crippen molar-refractivity contribution in [2.24, 2.45) is 17.3 Å². The van der Waals surface area contributed by atoms with Gasteiger partial charge in [0.1, 0.15) is 12.0 Å². The average Bonchev–Trinajstić information content (AvgIpc) is 2.99. The number of nitrogens with two attached hydrogens (primary N) is 1. The van der Waals surface area contributed by atoms with Crippen molar-refractivity contribution in [1.82, 2.24) is 0 Å². The van der Waals surface area contributed by atoms with Gasteiger partial charge in [-0.25, -0.2) is 0 Å². The van der Waals surface area contributed by atoms with Crippen molar-refractivity contribution in [3.05, 3.63) is 11.6 Å². The van der Waals surface area contributed by atoms with Crippen molar-refractivity contribution < 1.29 is 24.7 Å². The summed E-state index contributed by atoms with van der Waals surface area (Å²) in [6.07, 6.45) is 12.8. The molecule has 3 fully saturated rings. The number of carbonyl (C=O) groups excluding carboxylic acids is 1. The second-order valence-electron chi connectivity index (χ2n) is 10.5. The van der Waals surface area contributed by atoms with Gasteiger partial charge in [-0.1, -0.05) is 18.6 Å². The zero-order valence-corrected chi connectivity index (χ0v) is 18.5. The predicted octanol–water partition coefficient (Wildman–Crippen LogP) is 2.72. The van der Waals surface area contributed by atoms with Crippen molar-refractivity contribution in [1.29, 1.82) is 0 Å². The number of rotatable bonds is 6. The van der Waals surface area contributed by atoms with Crippen LogP contribution in [0.1, 0.15) is 78.1 Å². The van der Waals surface area contributed by atoms with Crippen LogP contribution >= 0.6 is 0 Å². The van der Waals surface area contributed by atoms with Crippen LogP contribution in [0.4, 0.5) is 0 Å². The molecule has 4 rings (SSSR count). The maximum absolute atomic E-state index is 12.7. The number of esters is 1. The van der Waals surface area contributed by atoms with Gasteiger partial charge in [0.05, 0.1) is 24.3 Å².